The molecule has 0 heterocycles. The van der Waals surface area contributed by atoms with E-state index in [0.717, 1.165) is 17.8 Å². The fourth-order valence-corrected chi connectivity index (χ4v) is 8.84. The van der Waals surface area contributed by atoms with Gasteiger partial charge < -0.3 is 0 Å². The molecule has 0 nitrogen and oxygen atoms in total. The predicted octanol–water partition coefficient (Wildman–Crippen LogP) is 10.1. The Morgan fingerprint density at radius 1 is 0.968 bits per heavy atom. The smallest absolute Gasteiger partial charge is 0.00802 e. The highest BCUT2D eigenvalue weighted by atomic mass is 14.6. The molecule has 2 saturated carbocycles. The largest absolute Gasteiger partial charge is 0.0996 e. The number of fused-ring (bicyclic) bond motifs is 4. The molecule has 0 radical (unpaired) electrons. The van der Waals surface area contributed by atoms with Gasteiger partial charge in [0.1, 0.15) is 0 Å². The first-order valence-electron chi connectivity index (χ1n) is 14.0. The second-order valence-corrected chi connectivity index (χ2v) is 12.9. The van der Waals surface area contributed by atoms with E-state index in [2.05, 4.69) is 48.1 Å². The van der Waals surface area contributed by atoms with Crippen LogP contribution >= 0.6 is 0 Å². The van der Waals surface area contributed by atoms with Gasteiger partial charge in [-0.1, -0.05) is 85.1 Å². The quantitative estimate of drug-likeness (QED) is 0.383. The molecule has 0 aromatic rings. The van der Waals surface area contributed by atoms with Crippen molar-refractivity contribution in [3.63, 3.8) is 0 Å². The van der Waals surface area contributed by atoms with Crippen LogP contribution in [-0.2, 0) is 0 Å². The first-order chi connectivity index (χ1) is 14.6. The topological polar surface area (TPSA) is 0 Å². The molecule has 0 N–H and O–H groups in total. The molecule has 31 heavy (non-hydrogen) atoms. The normalized spacial score (nSPS) is 38.7. The van der Waals surface area contributed by atoms with E-state index in [4.69, 9.17) is 0 Å². The summed E-state index contributed by atoms with van der Waals surface area (Å²) in [6, 6.07) is 0. The van der Waals surface area contributed by atoms with Crippen LogP contribution in [-0.4, -0.2) is 0 Å². The fourth-order valence-electron chi connectivity index (χ4n) is 8.84. The number of hydrogen-bond acceptors (Lipinski definition) is 0. The fraction of sp³-hybridized carbons (Fsp3) is 0.871. The minimum absolute atomic E-state index is 0.518. The maximum Gasteiger partial charge on any atom is -0.00802 e. The summed E-state index contributed by atoms with van der Waals surface area (Å²) >= 11 is 0. The molecule has 0 heteroatoms. The molecular formula is C31H54. The molecule has 178 valence electrons. The van der Waals surface area contributed by atoms with Crippen LogP contribution in [0.4, 0.5) is 0 Å². The number of allylic oxidation sites excluding steroid dienone is 3. The Morgan fingerprint density at radius 2 is 1.68 bits per heavy atom. The summed E-state index contributed by atoms with van der Waals surface area (Å²) < 4.78 is 0. The van der Waals surface area contributed by atoms with E-state index in [-0.39, 0.29) is 0 Å². The van der Waals surface area contributed by atoms with Crippen LogP contribution < -0.4 is 0 Å². The van der Waals surface area contributed by atoms with Crippen molar-refractivity contribution in [2.24, 2.45) is 39.9 Å². The lowest BCUT2D eigenvalue weighted by Gasteiger charge is -2.58. The Labute approximate surface area is 195 Å². The van der Waals surface area contributed by atoms with Gasteiger partial charge in [-0.05, 0) is 111 Å². The highest BCUT2D eigenvalue weighted by molar-refractivity contribution is 5.35. The molecule has 5 unspecified atom stereocenters. The molecule has 0 saturated heterocycles. The monoisotopic (exact) mass is 426 g/mol. The van der Waals surface area contributed by atoms with E-state index in [1.54, 1.807) is 0 Å². The van der Waals surface area contributed by atoms with Crippen LogP contribution in [0.2, 0.25) is 0 Å². The first-order valence-corrected chi connectivity index (χ1v) is 14.0. The third-order valence-corrected chi connectivity index (χ3v) is 10.7. The van der Waals surface area contributed by atoms with E-state index in [0.29, 0.717) is 22.2 Å². The molecule has 0 aromatic heterocycles. The third kappa shape index (κ3) is 4.36. The summed E-state index contributed by atoms with van der Waals surface area (Å²) in [5, 5.41) is 0. The highest BCUT2D eigenvalue weighted by Crippen LogP contribution is 2.67. The number of rotatable bonds is 5. The molecule has 2 fully saturated rings. The Hall–Kier alpha value is -0.520. The summed E-state index contributed by atoms with van der Waals surface area (Å²) in [6.45, 7) is 23.4. The molecule has 0 aliphatic heterocycles. The summed E-state index contributed by atoms with van der Waals surface area (Å²) in [7, 11) is 0. The van der Waals surface area contributed by atoms with Crippen molar-refractivity contribution in [2.75, 3.05) is 0 Å². The van der Waals surface area contributed by atoms with Gasteiger partial charge in [0.2, 0.25) is 0 Å². The van der Waals surface area contributed by atoms with Crippen molar-refractivity contribution in [3.05, 3.63) is 23.3 Å². The van der Waals surface area contributed by atoms with Crippen LogP contribution in [0.3, 0.4) is 0 Å². The average molecular weight is 427 g/mol. The van der Waals surface area contributed by atoms with Gasteiger partial charge in [0.05, 0.1) is 0 Å². The van der Waals surface area contributed by atoms with E-state index < -0.39 is 0 Å². The molecular weight excluding hydrogens is 372 g/mol. The summed E-state index contributed by atoms with van der Waals surface area (Å²) in [5.41, 5.74) is 7.06. The maximum atomic E-state index is 4.32. The SMILES string of the molecule is C=C(CCCC1CCC2C3=C(CCC12C)C1(C)CCCC(C)(C)C1CC3)C(C)C.CC. The summed E-state index contributed by atoms with van der Waals surface area (Å²) in [5.74, 6) is 3.44. The zero-order valence-electron chi connectivity index (χ0n) is 22.5. The van der Waals surface area contributed by atoms with Crippen LogP contribution in [0.1, 0.15) is 132 Å². The van der Waals surface area contributed by atoms with Gasteiger partial charge in [0, 0.05) is 0 Å². The van der Waals surface area contributed by atoms with Gasteiger partial charge in [-0.3, -0.25) is 0 Å². The van der Waals surface area contributed by atoms with Crippen molar-refractivity contribution in [3.8, 4) is 0 Å². The zero-order chi connectivity index (χ0) is 23.0. The lowest BCUT2D eigenvalue weighted by Crippen LogP contribution is -2.48. The van der Waals surface area contributed by atoms with Gasteiger partial charge in [-0.2, -0.15) is 0 Å². The average Bonchev–Trinajstić information content (AvgIpc) is 3.05. The number of hydrogen-bond donors (Lipinski definition) is 0. The van der Waals surface area contributed by atoms with Crippen LogP contribution in [0.15, 0.2) is 23.3 Å². The lowest BCUT2D eigenvalue weighted by molar-refractivity contribution is -0.00199. The molecule has 0 spiro atoms. The zero-order valence-corrected chi connectivity index (χ0v) is 22.5. The van der Waals surface area contributed by atoms with Crippen molar-refractivity contribution in [2.45, 2.75) is 132 Å². The molecule has 0 bridgehead atoms. The van der Waals surface area contributed by atoms with Gasteiger partial charge in [-0.25, -0.2) is 0 Å². The maximum absolute atomic E-state index is 4.32. The lowest BCUT2D eigenvalue weighted by atomic mass is 9.46. The Bertz CT molecular complexity index is 676. The van der Waals surface area contributed by atoms with E-state index >= 15 is 0 Å². The van der Waals surface area contributed by atoms with E-state index in [1.165, 1.54) is 82.6 Å². The minimum atomic E-state index is 0.518. The molecule has 5 atom stereocenters. The molecule has 4 rings (SSSR count). The molecule has 4 aliphatic rings. The second kappa shape index (κ2) is 9.38. The van der Waals surface area contributed by atoms with Crippen molar-refractivity contribution < 1.29 is 0 Å². The highest BCUT2D eigenvalue weighted by Gasteiger charge is 2.56. The van der Waals surface area contributed by atoms with Crippen LogP contribution in [0, 0.1) is 39.9 Å². The van der Waals surface area contributed by atoms with Crippen molar-refractivity contribution in [1.82, 2.24) is 0 Å². The summed E-state index contributed by atoms with van der Waals surface area (Å²) in [6.07, 6.45) is 17.1. The second-order valence-electron chi connectivity index (χ2n) is 12.9. The third-order valence-electron chi connectivity index (χ3n) is 10.7. The van der Waals surface area contributed by atoms with E-state index in [9.17, 15) is 0 Å². The van der Waals surface area contributed by atoms with Crippen molar-refractivity contribution in [1.29, 1.82) is 0 Å². The van der Waals surface area contributed by atoms with Gasteiger partial charge in [-0.15, -0.1) is 0 Å². The Morgan fingerprint density at radius 3 is 2.35 bits per heavy atom. The van der Waals surface area contributed by atoms with E-state index in [1.807, 2.05) is 25.0 Å². The van der Waals surface area contributed by atoms with Crippen LogP contribution in [0.5, 0.6) is 0 Å². The predicted molar refractivity (Wildman–Crippen MR) is 138 cm³/mol. The van der Waals surface area contributed by atoms with Gasteiger partial charge in [0.25, 0.3) is 0 Å². The first kappa shape index (κ1) is 25.1. The Kier molecular flexibility index (Phi) is 7.60. The molecule has 0 amide bonds. The van der Waals surface area contributed by atoms with Gasteiger partial charge >= 0.3 is 0 Å². The van der Waals surface area contributed by atoms with Crippen molar-refractivity contribution >= 4 is 0 Å². The molecule has 4 aliphatic carbocycles. The molecule has 0 aromatic carbocycles. The standard InChI is InChI=1S/C29H48.C2H6/c1-20(2)21(3)10-8-11-22-12-14-24-23-13-15-26-27(4,5)17-9-18-29(26,7)25(23)16-19-28(22,24)6;1-2/h20,22,24,26H,3,8-19H2,1-2,4-7H3;1-2H3. The van der Waals surface area contributed by atoms with Gasteiger partial charge in [0.15, 0.2) is 0 Å². The minimum Gasteiger partial charge on any atom is -0.0996 e. The summed E-state index contributed by atoms with van der Waals surface area (Å²) in [4.78, 5) is 0. The Balaban J connectivity index is 0.00000132. The van der Waals surface area contributed by atoms with Crippen LogP contribution in [0.25, 0.3) is 0 Å².